The normalized spacial score (nSPS) is 10.2. The maximum absolute atomic E-state index is 12.0. The number of nitro benzene ring substituents is 1. The molecule has 9 heteroatoms. The van der Waals surface area contributed by atoms with E-state index in [1.807, 2.05) is 0 Å². The molecule has 0 atom stereocenters. The van der Waals surface area contributed by atoms with Gasteiger partial charge in [0, 0.05) is 23.8 Å². The minimum absolute atomic E-state index is 0. The first kappa shape index (κ1) is 19.2. The molecule has 0 fully saturated rings. The van der Waals surface area contributed by atoms with Crippen LogP contribution in [0.15, 0.2) is 53.9 Å². The molecule has 0 saturated heterocycles. The van der Waals surface area contributed by atoms with Gasteiger partial charge in [-0.2, -0.15) is 5.10 Å². The van der Waals surface area contributed by atoms with Gasteiger partial charge in [0.1, 0.15) is 12.2 Å². The number of nitrogens with one attached hydrogen (secondary N) is 1. The summed E-state index contributed by atoms with van der Waals surface area (Å²) in [4.78, 5) is 22.1. The van der Waals surface area contributed by atoms with Gasteiger partial charge in [0.05, 0.1) is 11.1 Å². The van der Waals surface area contributed by atoms with Crippen LogP contribution in [-0.2, 0) is 6.54 Å². The van der Waals surface area contributed by atoms with Gasteiger partial charge in [0.15, 0.2) is 18.9 Å². The maximum Gasteiger partial charge on any atom is 0.277 e. The van der Waals surface area contributed by atoms with Crippen LogP contribution < -0.4 is 9.99 Å². The van der Waals surface area contributed by atoms with Crippen molar-refractivity contribution in [2.24, 2.45) is 5.10 Å². The van der Waals surface area contributed by atoms with Gasteiger partial charge in [0.25, 0.3) is 11.6 Å². The number of halogens is 1. The van der Waals surface area contributed by atoms with Crippen LogP contribution in [0.4, 0.5) is 5.69 Å². The number of hydrogen-bond acceptors (Lipinski definition) is 5. The van der Waals surface area contributed by atoms with Gasteiger partial charge in [-0.15, -0.1) is 12.4 Å². The number of carbonyl (C=O) groups is 1. The van der Waals surface area contributed by atoms with Crippen molar-refractivity contribution >= 4 is 30.2 Å². The molecule has 0 spiro atoms. The molecule has 2 aromatic rings. The first-order chi connectivity index (χ1) is 11.1. The molecule has 0 radical (unpaired) electrons. The number of benzene rings is 1. The smallest absolute Gasteiger partial charge is 0.277 e. The molecule has 1 amide bonds. The Hall–Kier alpha value is -2.84. The lowest BCUT2D eigenvalue weighted by Crippen LogP contribution is -2.36. The van der Waals surface area contributed by atoms with Gasteiger partial charge in [-0.25, -0.2) is 9.99 Å². The Morgan fingerprint density at radius 2 is 2.17 bits per heavy atom. The van der Waals surface area contributed by atoms with Crippen molar-refractivity contribution in [3.8, 4) is 0 Å². The molecule has 1 heterocycles. The van der Waals surface area contributed by atoms with Crippen LogP contribution in [-0.4, -0.2) is 28.8 Å². The molecule has 0 aliphatic heterocycles. The third-order valence-electron chi connectivity index (χ3n) is 2.94. The number of aliphatic hydroxyl groups is 1. The Morgan fingerprint density at radius 1 is 1.38 bits per heavy atom. The molecule has 0 aliphatic rings. The van der Waals surface area contributed by atoms with Gasteiger partial charge < -0.3 is 5.11 Å². The van der Waals surface area contributed by atoms with Gasteiger partial charge in [0.2, 0.25) is 0 Å². The molecular formula is C15H16ClN4O4+. The van der Waals surface area contributed by atoms with E-state index in [0.717, 1.165) is 0 Å². The SMILES string of the molecule is Cl.O=C(N/N=C/c1cccc([N+](=O)[O-])c1)c1ccc[n+](CCO)c1. The number of non-ortho nitro benzene ring substituents is 1. The van der Waals surface area contributed by atoms with Crippen molar-refractivity contribution in [2.75, 3.05) is 6.61 Å². The third-order valence-corrected chi connectivity index (χ3v) is 2.94. The van der Waals surface area contributed by atoms with Crippen LogP contribution in [0.3, 0.4) is 0 Å². The molecular weight excluding hydrogens is 336 g/mol. The second kappa shape index (κ2) is 9.33. The molecule has 1 aromatic heterocycles. The van der Waals surface area contributed by atoms with Crippen LogP contribution in [0.25, 0.3) is 0 Å². The molecule has 0 unspecified atom stereocenters. The molecule has 0 bridgehead atoms. The molecule has 24 heavy (non-hydrogen) atoms. The second-order valence-corrected chi connectivity index (χ2v) is 4.61. The largest absolute Gasteiger partial charge is 0.390 e. The Balaban J connectivity index is 0.00000288. The van der Waals surface area contributed by atoms with E-state index in [1.54, 1.807) is 35.2 Å². The highest BCUT2D eigenvalue weighted by Crippen LogP contribution is 2.11. The molecule has 2 rings (SSSR count). The minimum Gasteiger partial charge on any atom is -0.390 e. The lowest BCUT2D eigenvalue weighted by atomic mass is 10.2. The molecule has 8 nitrogen and oxygen atoms in total. The number of hydrogen-bond donors (Lipinski definition) is 2. The van der Waals surface area contributed by atoms with E-state index < -0.39 is 10.8 Å². The van der Waals surface area contributed by atoms with Gasteiger partial charge >= 0.3 is 0 Å². The summed E-state index contributed by atoms with van der Waals surface area (Å²) in [7, 11) is 0. The number of aromatic nitrogens is 1. The van der Waals surface area contributed by atoms with Crippen LogP contribution in [0.5, 0.6) is 0 Å². The standard InChI is InChI=1S/C15H14N4O4.ClH/c20-8-7-18-6-2-4-13(11-18)15(21)17-16-10-12-3-1-5-14(9-12)19(22)23;/h1-6,9-11,20H,7-8H2;1H/p+1/b16-10+;. The topological polar surface area (TPSA) is 109 Å². The zero-order valence-electron chi connectivity index (χ0n) is 12.5. The number of pyridine rings is 1. The quantitative estimate of drug-likeness (QED) is 0.351. The molecule has 126 valence electrons. The highest BCUT2D eigenvalue weighted by molar-refractivity contribution is 5.94. The van der Waals surface area contributed by atoms with Crippen LogP contribution in [0, 0.1) is 10.1 Å². The maximum atomic E-state index is 12.0. The fourth-order valence-corrected chi connectivity index (χ4v) is 1.86. The summed E-state index contributed by atoms with van der Waals surface area (Å²) in [5, 5.41) is 23.4. The van der Waals surface area contributed by atoms with E-state index in [1.165, 1.54) is 24.4 Å². The number of rotatable bonds is 6. The average Bonchev–Trinajstić information content (AvgIpc) is 2.55. The third kappa shape index (κ3) is 5.41. The van der Waals surface area contributed by atoms with Gasteiger partial charge in [-0.05, 0) is 6.07 Å². The predicted molar refractivity (Wildman–Crippen MR) is 89.1 cm³/mol. The molecule has 1 aromatic carbocycles. The number of nitrogens with zero attached hydrogens (tertiary/aromatic N) is 3. The highest BCUT2D eigenvalue weighted by atomic mass is 35.5. The molecule has 0 saturated carbocycles. The van der Waals surface area contributed by atoms with E-state index >= 15 is 0 Å². The summed E-state index contributed by atoms with van der Waals surface area (Å²) in [6.07, 6.45) is 4.66. The van der Waals surface area contributed by atoms with E-state index in [-0.39, 0.29) is 24.7 Å². The van der Waals surface area contributed by atoms with E-state index in [9.17, 15) is 14.9 Å². The lowest BCUT2D eigenvalue weighted by molar-refractivity contribution is -0.698. The van der Waals surface area contributed by atoms with Crippen molar-refractivity contribution in [3.05, 3.63) is 70.0 Å². The Kier molecular flexibility index (Phi) is 7.47. The summed E-state index contributed by atoms with van der Waals surface area (Å²) in [6, 6.07) is 9.21. The van der Waals surface area contributed by atoms with E-state index in [2.05, 4.69) is 10.5 Å². The number of nitro groups is 1. The van der Waals surface area contributed by atoms with Crippen LogP contribution in [0.2, 0.25) is 0 Å². The predicted octanol–water partition coefficient (Wildman–Crippen LogP) is 1.06. The zero-order chi connectivity index (χ0) is 16.7. The summed E-state index contributed by atoms with van der Waals surface area (Å²) in [5.41, 5.74) is 3.19. The first-order valence-corrected chi connectivity index (χ1v) is 6.78. The van der Waals surface area contributed by atoms with Crippen LogP contribution >= 0.6 is 12.4 Å². The van der Waals surface area contributed by atoms with Gasteiger partial charge in [-0.3, -0.25) is 14.9 Å². The lowest BCUT2D eigenvalue weighted by Gasteiger charge is -1.99. The van der Waals surface area contributed by atoms with Crippen molar-refractivity contribution in [1.82, 2.24) is 5.43 Å². The number of hydrazone groups is 1. The number of amides is 1. The fourth-order valence-electron chi connectivity index (χ4n) is 1.86. The van der Waals surface area contributed by atoms with Crippen molar-refractivity contribution < 1.29 is 19.4 Å². The van der Waals surface area contributed by atoms with Crippen LogP contribution in [0.1, 0.15) is 15.9 Å². The summed E-state index contributed by atoms with van der Waals surface area (Å²) in [6.45, 7) is 0.360. The monoisotopic (exact) mass is 351 g/mol. The number of carbonyl (C=O) groups excluding carboxylic acids is 1. The summed E-state index contributed by atoms with van der Waals surface area (Å²) in [5.74, 6) is -0.418. The second-order valence-electron chi connectivity index (χ2n) is 4.61. The van der Waals surface area contributed by atoms with E-state index in [0.29, 0.717) is 17.7 Å². The van der Waals surface area contributed by atoms with Gasteiger partial charge in [-0.1, -0.05) is 12.1 Å². The van der Waals surface area contributed by atoms with Crippen molar-refractivity contribution in [2.45, 2.75) is 6.54 Å². The Bertz CT molecular complexity index is 752. The van der Waals surface area contributed by atoms with Crippen molar-refractivity contribution in [1.29, 1.82) is 0 Å². The molecule has 2 N–H and O–H groups in total. The fraction of sp³-hybridized carbons (Fsp3) is 0.133. The summed E-state index contributed by atoms with van der Waals surface area (Å²) < 4.78 is 1.68. The Morgan fingerprint density at radius 3 is 2.88 bits per heavy atom. The number of aliphatic hydroxyl groups excluding tert-OH is 1. The zero-order valence-corrected chi connectivity index (χ0v) is 13.3. The minimum atomic E-state index is -0.500. The highest BCUT2D eigenvalue weighted by Gasteiger charge is 2.09. The Labute approximate surface area is 144 Å². The molecule has 0 aliphatic carbocycles. The van der Waals surface area contributed by atoms with E-state index in [4.69, 9.17) is 5.11 Å². The first-order valence-electron chi connectivity index (χ1n) is 6.78. The summed E-state index contributed by atoms with van der Waals surface area (Å²) >= 11 is 0. The average molecular weight is 352 g/mol. The van der Waals surface area contributed by atoms with Crippen molar-refractivity contribution in [3.63, 3.8) is 0 Å².